The first-order chi connectivity index (χ1) is 7.49. The van der Waals surface area contributed by atoms with Crippen LogP contribution in [-0.2, 0) is 4.79 Å². The van der Waals surface area contributed by atoms with Gasteiger partial charge in [0.15, 0.2) is 0 Å². The number of hydrogen-bond acceptors (Lipinski definition) is 2. The van der Waals surface area contributed by atoms with Gasteiger partial charge in [0.1, 0.15) is 5.82 Å². The number of carbonyl (C=O) groups excluding carboxylic acids is 1. The van der Waals surface area contributed by atoms with Gasteiger partial charge in [-0.2, -0.15) is 0 Å². The monoisotopic (exact) mass is 244 g/mol. The smallest absolute Gasteiger partial charge is 0.239 e. The van der Waals surface area contributed by atoms with Crippen molar-refractivity contribution in [3.05, 3.63) is 29.0 Å². The Morgan fingerprint density at radius 3 is 2.75 bits per heavy atom. The summed E-state index contributed by atoms with van der Waals surface area (Å²) in [5, 5.41) is 5.59. The van der Waals surface area contributed by atoms with Crippen molar-refractivity contribution in [3.63, 3.8) is 0 Å². The van der Waals surface area contributed by atoms with E-state index in [9.17, 15) is 9.18 Å². The summed E-state index contributed by atoms with van der Waals surface area (Å²) >= 11 is 5.53. The molecule has 0 radical (unpaired) electrons. The number of amides is 1. The van der Waals surface area contributed by atoms with E-state index in [0.29, 0.717) is 5.69 Å². The molecule has 0 aromatic heterocycles. The Bertz CT molecular complexity index is 382. The minimum Gasteiger partial charge on any atom is -0.376 e. The van der Waals surface area contributed by atoms with Gasteiger partial charge in [-0.05, 0) is 32.0 Å². The number of benzene rings is 1. The number of nitrogens with one attached hydrogen (secondary N) is 2. The summed E-state index contributed by atoms with van der Waals surface area (Å²) in [7, 11) is 0. The second kappa shape index (κ2) is 5.70. The minimum absolute atomic E-state index is 0.0668. The van der Waals surface area contributed by atoms with E-state index in [0.717, 1.165) is 0 Å². The molecule has 2 N–H and O–H groups in total. The van der Waals surface area contributed by atoms with Crippen molar-refractivity contribution < 1.29 is 9.18 Å². The first-order valence-electron chi connectivity index (χ1n) is 4.97. The quantitative estimate of drug-likeness (QED) is 0.854. The molecule has 0 saturated heterocycles. The van der Waals surface area contributed by atoms with Crippen LogP contribution in [0.15, 0.2) is 18.2 Å². The standard InChI is InChI=1S/C11H14ClFN2O/c1-7(2)15-11(16)6-14-8-3-4-9(12)10(13)5-8/h3-5,7,14H,6H2,1-2H3,(H,15,16). The second-order valence-electron chi connectivity index (χ2n) is 3.70. The molecular weight excluding hydrogens is 231 g/mol. The highest BCUT2D eigenvalue weighted by Gasteiger charge is 2.04. The van der Waals surface area contributed by atoms with Crippen LogP contribution in [0, 0.1) is 5.82 Å². The molecule has 16 heavy (non-hydrogen) atoms. The summed E-state index contributed by atoms with van der Waals surface area (Å²) in [4.78, 5) is 11.3. The average Bonchev–Trinajstić information content (AvgIpc) is 2.19. The first kappa shape index (κ1) is 12.8. The molecule has 0 atom stereocenters. The lowest BCUT2D eigenvalue weighted by Crippen LogP contribution is -2.34. The van der Waals surface area contributed by atoms with E-state index < -0.39 is 5.82 Å². The Morgan fingerprint density at radius 1 is 1.50 bits per heavy atom. The van der Waals surface area contributed by atoms with Crippen LogP contribution in [0.5, 0.6) is 0 Å². The van der Waals surface area contributed by atoms with Crippen LogP contribution in [0.3, 0.4) is 0 Å². The van der Waals surface area contributed by atoms with Crippen molar-refractivity contribution in [2.75, 3.05) is 11.9 Å². The van der Waals surface area contributed by atoms with E-state index in [2.05, 4.69) is 10.6 Å². The molecule has 1 amide bonds. The average molecular weight is 245 g/mol. The van der Waals surface area contributed by atoms with Gasteiger partial charge in [-0.1, -0.05) is 11.6 Å². The largest absolute Gasteiger partial charge is 0.376 e. The fourth-order valence-electron chi connectivity index (χ4n) is 1.16. The van der Waals surface area contributed by atoms with E-state index in [-0.39, 0.29) is 23.5 Å². The molecule has 0 aliphatic heterocycles. The van der Waals surface area contributed by atoms with Gasteiger partial charge in [0.25, 0.3) is 0 Å². The van der Waals surface area contributed by atoms with E-state index in [1.165, 1.54) is 12.1 Å². The molecule has 0 aliphatic carbocycles. The Labute approximate surface area is 99.0 Å². The normalized spacial score (nSPS) is 10.3. The molecular formula is C11H14ClFN2O. The Hall–Kier alpha value is -1.29. The minimum atomic E-state index is -0.504. The van der Waals surface area contributed by atoms with Gasteiger partial charge in [-0.3, -0.25) is 4.79 Å². The third-order valence-corrected chi connectivity index (χ3v) is 2.13. The Morgan fingerprint density at radius 2 is 2.19 bits per heavy atom. The molecule has 1 rings (SSSR count). The van der Waals surface area contributed by atoms with Crippen molar-refractivity contribution in [1.82, 2.24) is 5.32 Å². The zero-order valence-electron chi connectivity index (χ0n) is 9.18. The van der Waals surface area contributed by atoms with Crippen LogP contribution in [0.4, 0.5) is 10.1 Å². The summed E-state index contributed by atoms with van der Waals surface area (Å²) in [6.07, 6.45) is 0. The third kappa shape index (κ3) is 4.06. The molecule has 0 bridgehead atoms. The molecule has 1 aromatic carbocycles. The number of hydrogen-bond donors (Lipinski definition) is 2. The van der Waals surface area contributed by atoms with E-state index >= 15 is 0 Å². The van der Waals surface area contributed by atoms with Crippen molar-refractivity contribution in [2.45, 2.75) is 19.9 Å². The highest BCUT2D eigenvalue weighted by atomic mass is 35.5. The maximum atomic E-state index is 13.0. The summed E-state index contributed by atoms with van der Waals surface area (Å²) in [6.45, 7) is 3.86. The predicted octanol–water partition coefficient (Wildman–Crippen LogP) is 2.42. The summed E-state index contributed by atoms with van der Waals surface area (Å²) < 4.78 is 13.0. The van der Waals surface area contributed by atoms with Crippen LogP contribution < -0.4 is 10.6 Å². The molecule has 3 nitrogen and oxygen atoms in total. The molecule has 5 heteroatoms. The lowest BCUT2D eigenvalue weighted by atomic mass is 10.3. The molecule has 88 valence electrons. The van der Waals surface area contributed by atoms with Gasteiger partial charge in [-0.15, -0.1) is 0 Å². The lowest BCUT2D eigenvalue weighted by Gasteiger charge is -2.10. The van der Waals surface area contributed by atoms with Crippen molar-refractivity contribution in [1.29, 1.82) is 0 Å². The summed E-state index contributed by atoms with van der Waals surface area (Å²) in [5.41, 5.74) is 0.529. The first-order valence-corrected chi connectivity index (χ1v) is 5.35. The van der Waals surface area contributed by atoms with Crippen LogP contribution in [-0.4, -0.2) is 18.5 Å². The van der Waals surface area contributed by atoms with E-state index in [1.54, 1.807) is 6.07 Å². The van der Waals surface area contributed by atoms with E-state index in [4.69, 9.17) is 11.6 Å². The maximum Gasteiger partial charge on any atom is 0.239 e. The molecule has 0 saturated carbocycles. The van der Waals surface area contributed by atoms with Gasteiger partial charge >= 0.3 is 0 Å². The highest BCUT2D eigenvalue weighted by molar-refractivity contribution is 6.30. The highest BCUT2D eigenvalue weighted by Crippen LogP contribution is 2.18. The molecule has 0 aliphatic rings. The zero-order chi connectivity index (χ0) is 12.1. The maximum absolute atomic E-state index is 13.0. The molecule has 0 heterocycles. The van der Waals surface area contributed by atoms with E-state index in [1.807, 2.05) is 13.8 Å². The zero-order valence-corrected chi connectivity index (χ0v) is 9.94. The molecule has 0 unspecified atom stereocenters. The number of halogens is 2. The summed E-state index contributed by atoms with van der Waals surface area (Å²) in [5.74, 6) is -0.638. The van der Waals surface area contributed by atoms with Gasteiger partial charge in [0.2, 0.25) is 5.91 Å². The van der Waals surface area contributed by atoms with Crippen LogP contribution in [0.1, 0.15) is 13.8 Å². The number of carbonyl (C=O) groups is 1. The topological polar surface area (TPSA) is 41.1 Å². The summed E-state index contributed by atoms with van der Waals surface area (Å²) in [6, 6.07) is 4.41. The van der Waals surface area contributed by atoms with Crippen molar-refractivity contribution in [2.24, 2.45) is 0 Å². The third-order valence-electron chi connectivity index (χ3n) is 1.82. The fraction of sp³-hybridized carbons (Fsp3) is 0.364. The predicted molar refractivity (Wildman–Crippen MR) is 63.2 cm³/mol. The van der Waals surface area contributed by atoms with Gasteiger partial charge in [0, 0.05) is 11.7 Å². The van der Waals surface area contributed by atoms with Gasteiger partial charge in [0.05, 0.1) is 11.6 Å². The van der Waals surface area contributed by atoms with Crippen molar-refractivity contribution >= 4 is 23.2 Å². The molecule has 1 aromatic rings. The molecule has 0 spiro atoms. The van der Waals surface area contributed by atoms with Crippen molar-refractivity contribution in [3.8, 4) is 0 Å². The Balaban J connectivity index is 2.48. The van der Waals surface area contributed by atoms with Crippen LogP contribution in [0.2, 0.25) is 5.02 Å². The number of rotatable bonds is 4. The van der Waals surface area contributed by atoms with Crippen LogP contribution in [0.25, 0.3) is 0 Å². The SMILES string of the molecule is CC(C)NC(=O)CNc1ccc(Cl)c(F)c1. The Kier molecular flexibility index (Phi) is 4.55. The van der Waals surface area contributed by atoms with Crippen LogP contribution >= 0.6 is 11.6 Å². The second-order valence-corrected chi connectivity index (χ2v) is 4.11. The van der Waals surface area contributed by atoms with Gasteiger partial charge < -0.3 is 10.6 Å². The fourth-order valence-corrected chi connectivity index (χ4v) is 1.28. The van der Waals surface area contributed by atoms with Gasteiger partial charge in [-0.25, -0.2) is 4.39 Å². The number of anilines is 1. The lowest BCUT2D eigenvalue weighted by molar-refractivity contribution is -0.119. The molecule has 0 fully saturated rings.